The third-order valence-electron chi connectivity index (χ3n) is 3.17. The average molecular weight is 236 g/mol. The van der Waals surface area contributed by atoms with Gasteiger partial charge in [-0.1, -0.05) is 6.07 Å². The fourth-order valence-corrected chi connectivity index (χ4v) is 2.21. The molecular weight excluding hydrogens is 216 g/mol. The minimum absolute atomic E-state index is 0.0871. The molecule has 0 bridgehead atoms. The number of anilines is 1. The van der Waals surface area contributed by atoms with Gasteiger partial charge in [0.2, 0.25) is 0 Å². The van der Waals surface area contributed by atoms with Crippen molar-refractivity contribution in [1.29, 1.82) is 0 Å². The van der Waals surface area contributed by atoms with E-state index < -0.39 is 6.10 Å². The lowest BCUT2D eigenvalue weighted by molar-refractivity contribution is 0.0634. The van der Waals surface area contributed by atoms with Crippen LogP contribution in [0.1, 0.15) is 32.4 Å². The van der Waals surface area contributed by atoms with Crippen molar-refractivity contribution in [2.24, 2.45) is 0 Å². The van der Waals surface area contributed by atoms with E-state index in [-0.39, 0.29) is 5.54 Å². The zero-order valence-electron chi connectivity index (χ0n) is 10.7. The van der Waals surface area contributed by atoms with Gasteiger partial charge in [-0.2, -0.15) is 0 Å². The SMILES string of the molecule is C[C@H](O)c1cccnc1N1CCOCC1(C)C. The molecular formula is C13H20N2O2. The standard InChI is InChI=1S/C13H20N2O2/c1-10(16)11-5-4-6-14-12(11)15-7-8-17-9-13(15,2)3/h4-6,10,16H,7-9H2,1-3H3/t10-/m0/s1. The van der Waals surface area contributed by atoms with Gasteiger partial charge >= 0.3 is 0 Å². The second kappa shape index (κ2) is 4.63. The molecule has 1 aromatic heterocycles. The summed E-state index contributed by atoms with van der Waals surface area (Å²) in [5, 5.41) is 9.81. The second-order valence-corrected chi connectivity index (χ2v) is 5.11. The first kappa shape index (κ1) is 12.3. The van der Waals surface area contributed by atoms with Gasteiger partial charge in [0.1, 0.15) is 5.82 Å². The fraction of sp³-hybridized carbons (Fsp3) is 0.615. The van der Waals surface area contributed by atoms with Crippen molar-refractivity contribution in [3.8, 4) is 0 Å². The number of rotatable bonds is 2. The molecule has 1 atom stereocenters. The van der Waals surface area contributed by atoms with Crippen LogP contribution in [0.4, 0.5) is 5.82 Å². The molecule has 1 aliphatic rings. The molecule has 17 heavy (non-hydrogen) atoms. The van der Waals surface area contributed by atoms with Crippen molar-refractivity contribution in [2.75, 3.05) is 24.7 Å². The highest BCUT2D eigenvalue weighted by atomic mass is 16.5. The number of hydrogen-bond donors (Lipinski definition) is 1. The van der Waals surface area contributed by atoms with E-state index in [2.05, 4.69) is 23.7 Å². The number of aliphatic hydroxyl groups excluding tert-OH is 1. The number of morpholine rings is 1. The first-order valence-corrected chi connectivity index (χ1v) is 6.01. The van der Waals surface area contributed by atoms with Crippen LogP contribution in [0.15, 0.2) is 18.3 Å². The number of nitrogens with zero attached hydrogens (tertiary/aromatic N) is 2. The lowest BCUT2D eigenvalue weighted by Crippen LogP contribution is -2.53. The molecule has 1 aromatic rings. The first-order chi connectivity index (χ1) is 8.02. The summed E-state index contributed by atoms with van der Waals surface area (Å²) in [5.74, 6) is 0.871. The summed E-state index contributed by atoms with van der Waals surface area (Å²) in [6, 6.07) is 3.79. The van der Waals surface area contributed by atoms with Crippen LogP contribution in [0.3, 0.4) is 0 Å². The summed E-state index contributed by atoms with van der Waals surface area (Å²) in [4.78, 5) is 6.65. The predicted molar refractivity (Wildman–Crippen MR) is 67.1 cm³/mol. The van der Waals surface area contributed by atoms with Crippen LogP contribution in [0, 0.1) is 0 Å². The van der Waals surface area contributed by atoms with Gasteiger partial charge in [-0.25, -0.2) is 4.98 Å². The van der Waals surface area contributed by atoms with Crippen molar-refractivity contribution in [1.82, 2.24) is 4.98 Å². The zero-order valence-corrected chi connectivity index (χ0v) is 10.7. The molecule has 2 heterocycles. The maximum absolute atomic E-state index is 9.81. The van der Waals surface area contributed by atoms with E-state index in [4.69, 9.17) is 4.74 Å². The summed E-state index contributed by atoms with van der Waals surface area (Å²) in [6.45, 7) is 8.24. The average Bonchev–Trinajstić information content (AvgIpc) is 2.28. The number of aliphatic hydroxyl groups is 1. The maximum Gasteiger partial charge on any atom is 0.134 e. The Morgan fingerprint density at radius 1 is 1.53 bits per heavy atom. The van der Waals surface area contributed by atoms with Crippen LogP contribution in [-0.2, 0) is 4.74 Å². The van der Waals surface area contributed by atoms with Gasteiger partial charge in [0.05, 0.1) is 24.9 Å². The van der Waals surface area contributed by atoms with Crippen LogP contribution in [0.2, 0.25) is 0 Å². The molecule has 0 saturated carbocycles. The van der Waals surface area contributed by atoms with Gasteiger partial charge in [0, 0.05) is 18.3 Å². The molecule has 1 fully saturated rings. The lowest BCUT2D eigenvalue weighted by atomic mass is 10.0. The lowest BCUT2D eigenvalue weighted by Gasteiger charge is -2.43. The third kappa shape index (κ3) is 2.42. The maximum atomic E-state index is 9.81. The first-order valence-electron chi connectivity index (χ1n) is 6.01. The number of ether oxygens (including phenoxy) is 1. The molecule has 0 radical (unpaired) electrons. The molecule has 0 unspecified atom stereocenters. The summed E-state index contributed by atoms with van der Waals surface area (Å²) in [6.07, 6.45) is 1.27. The Morgan fingerprint density at radius 3 is 2.94 bits per heavy atom. The third-order valence-corrected chi connectivity index (χ3v) is 3.17. The largest absolute Gasteiger partial charge is 0.389 e. The Labute approximate surface area is 102 Å². The highest BCUT2D eigenvalue weighted by molar-refractivity contribution is 5.50. The normalized spacial score (nSPS) is 21.3. The van der Waals surface area contributed by atoms with Crippen molar-refractivity contribution in [3.63, 3.8) is 0 Å². The molecule has 0 spiro atoms. The van der Waals surface area contributed by atoms with Crippen molar-refractivity contribution >= 4 is 5.82 Å². The summed E-state index contributed by atoms with van der Waals surface area (Å²) in [7, 11) is 0. The Kier molecular flexibility index (Phi) is 3.35. The topological polar surface area (TPSA) is 45.6 Å². The highest BCUT2D eigenvalue weighted by Crippen LogP contribution is 2.30. The molecule has 1 aliphatic heterocycles. The van der Waals surface area contributed by atoms with Gasteiger partial charge < -0.3 is 14.7 Å². The van der Waals surface area contributed by atoms with Crippen molar-refractivity contribution in [3.05, 3.63) is 23.9 Å². The molecule has 0 amide bonds. The molecule has 2 rings (SSSR count). The minimum Gasteiger partial charge on any atom is -0.389 e. The summed E-state index contributed by atoms with van der Waals surface area (Å²) >= 11 is 0. The van der Waals surface area contributed by atoms with Crippen molar-refractivity contribution in [2.45, 2.75) is 32.4 Å². The van der Waals surface area contributed by atoms with E-state index in [1.165, 1.54) is 0 Å². The van der Waals surface area contributed by atoms with Crippen LogP contribution in [-0.4, -0.2) is 35.4 Å². The van der Waals surface area contributed by atoms with Crippen LogP contribution in [0.25, 0.3) is 0 Å². The number of aromatic nitrogens is 1. The summed E-state index contributed by atoms with van der Waals surface area (Å²) in [5.41, 5.74) is 0.790. The van der Waals surface area contributed by atoms with E-state index in [0.717, 1.165) is 17.9 Å². The monoisotopic (exact) mass is 236 g/mol. The Bertz CT molecular complexity index is 391. The Morgan fingerprint density at radius 2 is 2.29 bits per heavy atom. The Balaban J connectivity index is 2.38. The van der Waals surface area contributed by atoms with Crippen molar-refractivity contribution < 1.29 is 9.84 Å². The van der Waals surface area contributed by atoms with Gasteiger partial charge in [-0.3, -0.25) is 0 Å². The second-order valence-electron chi connectivity index (χ2n) is 5.11. The molecule has 1 saturated heterocycles. The van der Waals surface area contributed by atoms with Crippen LogP contribution >= 0.6 is 0 Å². The number of pyridine rings is 1. The van der Waals surface area contributed by atoms with Gasteiger partial charge in [-0.15, -0.1) is 0 Å². The molecule has 0 aliphatic carbocycles. The van der Waals surface area contributed by atoms with E-state index in [9.17, 15) is 5.11 Å². The van der Waals surface area contributed by atoms with Gasteiger partial charge in [0.15, 0.2) is 0 Å². The molecule has 0 aromatic carbocycles. The van der Waals surface area contributed by atoms with E-state index in [0.29, 0.717) is 13.2 Å². The highest BCUT2D eigenvalue weighted by Gasteiger charge is 2.33. The van der Waals surface area contributed by atoms with Crippen LogP contribution in [0.5, 0.6) is 0 Å². The molecule has 4 heteroatoms. The minimum atomic E-state index is -0.502. The predicted octanol–water partition coefficient (Wildman–Crippen LogP) is 1.75. The van der Waals surface area contributed by atoms with Gasteiger partial charge in [0.25, 0.3) is 0 Å². The fourth-order valence-electron chi connectivity index (χ4n) is 2.21. The molecule has 1 N–H and O–H groups in total. The quantitative estimate of drug-likeness (QED) is 0.849. The Hall–Kier alpha value is -1.13. The summed E-state index contributed by atoms with van der Waals surface area (Å²) < 4.78 is 5.50. The zero-order chi connectivity index (χ0) is 12.5. The van der Waals surface area contributed by atoms with Gasteiger partial charge in [-0.05, 0) is 26.8 Å². The van der Waals surface area contributed by atoms with E-state index in [1.807, 2.05) is 12.1 Å². The molecule has 4 nitrogen and oxygen atoms in total. The molecule has 94 valence electrons. The smallest absolute Gasteiger partial charge is 0.134 e. The number of hydrogen-bond acceptors (Lipinski definition) is 4. The van der Waals surface area contributed by atoms with Crippen LogP contribution < -0.4 is 4.90 Å². The van der Waals surface area contributed by atoms with E-state index >= 15 is 0 Å². The van der Waals surface area contributed by atoms with E-state index in [1.54, 1.807) is 13.1 Å².